The van der Waals surface area contributed by atoms with Crippen LogP contribution in [0.1, 0.15) is 50.9 Å². The molecule has 0 aliphatic carbocycles. The van der Waals surface area contributed by atoms with Crippen LogP contribution < -0.4 is 10.6 Å². The van der Waals surface area contributed by atoms with Crippen molar-refractivity contribution in [2.24, 2.45) is 0 Å². The molecule has 1 aliphatic heterocycles. The van der Waals surface area contributed by atoms with Crippen LogP contribution in [0.2, 0.25) is 0 Å². The van der Waals surface area contributed by atoms with Gasteiger partial charge in [0.05, 0.1) is 0 Å². The Morgan fingerprint density at radius 2 is 1.75 bits per heavy atom. The standard InChI is InChI=1S/C15H26N4O/c1-10(2)12-17-13(16-5)11(3)14(18-12)19-15(4)6-8-20-9-7-15/h10H,6-9H2,1-5H3,(H2,16,17,18,19). The Bertz CT molecular complexity index is 467. The first-order valence-corrected chi connectivity index (χ1v) is 7.37. The molecule has 0 saturated carbocycles. The van der Waals surface area contributed by atoms with Crippen LogP contribution in [0.5, 0.6) is 0 Å². The number of aromatic nitrogens is 2. The highest BCUT2D eigenvalue weighted by Gasteiger charge is 2.28. The zero-order chi connectivity index (χ0) is 14.8. The van der Waals surface area contributed by atoms with Gasteiger partial charge in [-0.05, 0) is 26.7 Å². The number of rotatable bonds is 4. The van der Waals surface area contributed by atoms with Crippen molar-refractivity contribution in [2.75, 3.05) is 30.9 Å². The largest absolute Gasteiger partial charge is 0.381 e. The molecule has 5 heteroatoms. The van der Waals surface area contributed by atoms with E-state index in [1.54, 1.807) is 0 Å². The molecule has 0 unspecified atom stereocenters. The lowest BCUT2D eigenvalue weighted by Gasteiger charge is -2.35. The summed E-state index contributed by atoms with van der Waals surface area (Å²) in [6.45, 7) is 10.1. The molecule has 2 rings (SSSR count). The van der Waals surface area contributed by atoms with Crippen molar-refractivity contribution < 1.29 is 4.74 Å². The van der Waals surface area contributed by atoms with E-state index in [-0.39, 0.29) is 5.54 Å². The van der Waals surface area contributed by atoms with Crippen molar-refractivity contribution in [3.8, 4) is 0 Å². The van der Waals surface area contributed by atoms with Crippen molar-refractivity contribution in [1.29, 1.82) is 0 Å². The van der Waals surface area contributed by atoms with Crippen LogP contribution in [-0.2, 0) is 4.74 Å². The summed E-state index contributed by atoms with van der Waals surface area (Å²) >= 11 is 0. The summed E-state index contributed by atoms with van der Waals surface area (Å²) in [4.78, 5) is 9.30. The summed E-state index contributed by atoms with van der Waals surface area (Å²) in [5.41, 5.74) is 1.13. The number of nitrogens with one attached hydrogen (secondary N) is 2. The monoisotopic (exact) mass is 278 g/mol. The molecule has 112 valence electrons. The molecule has 0 amide bonds. The molecule has 0 aromatic carbocycles. The van der Waals surface area contributed by atoms with Gasteiger partial charge < -0.3 is 15.4 Å². The second-order valence-corrected chi connectivity index (χ2v) is 6.11. The van der Waals surface area contributed by atoms with Crippen LogP contribution in [0.15, 0.2) is 0 Å². The van der Waals surface area contributed by atoms with E-state index >= 15 is 0 Å². The summed E-state index contributed by atoms with van der Waals surface area (Å²) in [6.07, 6.45) is 2.00. The van der Waals surface area contributed by atoms with E-state index in [0.29, 0.717) is 5.92 Å². The van der Waals surface area contributed by atoms with Crippen molar-refractivity contribution >= 4 is 11.6 Å². The maximum atomic E-state index is 5.45. The van der Waals surface area contributed by atoms with Crippen LogP contribution in [0.25, 0.3) is 0 Å². The highest BCUT2D eigenvalue weighted by Crippen LogP contribution is 2.29. The van der Waals surface area contributed by atoms with Gasteiger partial charge in [0, 0.05) is 37.3 Å². The van der Waals surface area contributed by atoms with Gasteiger partial charge in [0.25, 0.3) is 0 Å². The lowest BCUT2D eigenvalue weighted by molar-refractivity contribution is 0.0657. The van der Waals surface area contributed by atoms with Gasteiger partial charge in [-0.15, -0.1) is 0 Å². The van der Waals surface area contributed by atoms with Gasteiger partial charge in [-0.1, -0.05) is 13.8 Å². The van der Waals surface area contributed by atoms with Gasteiger partial charge in [-0.3, -0.25) is 0 Å². The predicted octanol–water partition coefficient (Wildman–Crippen LogP) is 2.93. The third-order valence-electron chi connectivity index (χ3n) is 3.93. The average molecular weight is 278 g/mol. The third-order valence-corrected chi connectivity index (χ3v) is 3.93. The first-order chi connectivity index (χ1) is 9.45. The molecular formula is C15H26N4O. The topological polar surface area (TPSA) is 59.1 Å². The SMILES string of the molecule is CNc1nc(C(C)C)nc(NC2(C)CCOCC2)c1C. The molecule has 1 saturated heterocycles. The Balaban J connectivity index is 2.32. The molecule has 2 N–H and O–H groups in total. The highest BCUT2D eigenvalue weighted by molar-refractivity contribution is 5.58. The number of anilines is 2. The molecule has 0 radical (unpaired) electrons. The van der Waals surface area contributed by atoms with Gasteiger partial charge in [0.15, 0.2) is 0 Å². The smallest absolute Gasteiger partial charge is 0.135 e. The van der Waals surface area contributed by atoms with E-state index in [9.17, 15) is 0 Å². The Hall–Kier alpha value is -1.36. The van der Waals surface area contributed by atoms with E-state index in [4.69, 9.17) is 9.72 Å². The molecule has 20 heavy (non-hydrogen) atoms. The minimum absolute atomic E-state index is 0.0522. The third kappa shape index (κ3) is 3.20. The van der Waals surface area contributed by atoms with Crippen LogP contribution in [0.3, 0.4) is 0 Å². The van der Waals surface area contributed by atoms with E-state index in [1.165, 1.54) is 0 Å². The fourth-order valence-corrected chi connectivity index (χ4v) is 2.39. The second-order valence-electron chi connectivity index (χ2n) is 6.11. The van der Waals surface area contributed by atoms with Crippen LogP contribution >= 0.6 is 0 Å². The maximum Gasteiger partial charge on any atom is 0.135 e. The quantitative estimate of drug-likeness (QED) is 0.887. The summed E-state index contributed by atoms with van der Waals surface area (Å²) in [6, 6.07) is 0. The molecule has 1 aromatic rings. The first-order valence-electron chi connectivity index (χ1n) is 7.37. The Labute approximate surface area is 121 Å². The average Bonchev–Trinajstić information content (AvgIpc) is 2.41. The lowest BCUT2D eigenvalue weighted by Crippen LogP contribution is -2.41. The number of ether oxygens (including phenoxy) is 1. The molecule has 1 aromatic heterocycles. The van der Waals surface area contributed by atoms with Crippen LogP contribution in [-0.4, -0.2) is 35.8 Å². The number of hydrogen-bond acceptors (Lipinski definition) is 5. The molecule has 1 fully saturated rings. The van der Waals surface area contributed by atoms with Crippen molar-refractivity contribution in [2.45, 2.75) is 52.0 Å². The number of nitrogens with zero attached hydrogens (tertiary/aromatic N) is 2. The van der Waals surface area contributed by atoms with Gasteiger partial charge in [0.2, 0.25) is 0 Å². The van der Waals surface area contributed by atoms with Crippen molar-refractivity contribution in [3.05, 3.63) is 11.4 Å². The van der Waals surface area contributed by atoms with Gasteiger partial charge in [-0.25, -0.2) is 9.97 Å². The Morgan fingerprint density at radius 3 is 2.30 bits per heavy atom. The fraction of sp³-hybridized carbons (Fsp3) is 0.733. The highest BCUT2D eigenvalue weighted by atomic mass is 16.5. The first kappa shape index (κ1) is 15.0. The van der Waals surface area contributed by atoms with Crippen LogP contribution in [0.4, 0.5) is 11.6 Å². The van der Waals surface area contributed by atoms with Crippen molar-refractivity contribution in [1.82, 2.24) is 9.97 Å². The summed E-state index contributed by atoms with van der Waals surface area (Å²) in [5, 5.41) is 6.79. The summed E-state index contributed by atoms with van der Waals surface area (Å²) in [5.74, 6) is 3.03. The predicted molar refractivity (Wildman–Crippen MR) is 82.5 cm³/mol. The molecule has 2 heterocycles. The summed E-state index contributed by atoms with van der Waals surface area (Å²) < 4.78 is 5.45. The van der Waals surface area contributed by atoms with Crippen molar-refractivity contribution in [3.63, 3.8) is 0 Å². The minimum Gasteiger partial charge on any atom is -0.381 e. The van der Waals surface area contributed by atoms with E-state index < -0.39 is 0 Å². The molecule has 0 bridgehead atoms. The Kier molecular flexibility index (Phi) is 4.48. The maximum absolute atomic E-state index is 5.45. The minimum atomic E-state index is 0.0522. The fourth-order valence-electron chi connectivity index (χ4n) is 2.39. The molecule has 0 atom stereocenters. The van der Waals surface area contributed by atoms with Gasteiger partial charge >= 0.3 is 0 Å². The molecule has 1 aliphatic rings. The summed E-state index contributed by atoms with van der Waals surface area (Å²) in [7, 11) is 1.90. The Morgan fingerprint density at radius 1 is 1.15 bits per heavy atom. The number of hydrogen-bond donors (Lipinski definition) is 2. The van der Waals surface area contributed by atoms with E-state index in [1.807, 2.05) is 7.05 Å². The molecule has 5 nitrogen and oxygen atoms in total. The zero-order valence-electron chi connectivity index (χ0n) is 13.2. The van der Waals surface area contributed by atoms with E-state index in [0.717, 1.165) is 49.1 Å². The normalized spacial score (nSPS) is 18.1. The second kappa shape index (κ2) is 5.95. The zero-order valence-corrected chi connectivity index (χ0v) is 13.2. The lowest BCUT2D eigenvalue weighted by atomic mass is 9.92. The van der Waals surface area contributed by atoms with Crippen LogP contribution in [0, 0.1) is 6.92 Å². The van der Waals surface area contributed by atoms with Gasteiger partial charge in [0.1, 0.15) is 17.5 Å². The van der Waals surface area contributed by atoms with E-state index in [2.05, 4.69) is 43.3 Å². The molecular weight excluding hydrogens is 252 g/mol. The molecule has 0 spiro atoms. The van der Waals surface area contributed by atoms with Gasteiger partial charge in [-0.2, -0.15) is 0 Å².